The molecule has 2 aromatic rings. The number of carbonyl (C=O) groups is 1. The number of carbonyl (C=O) groups excluding carboxylic acids is 1. The van der Waals surface area contributed by atoms with E-state index in [1.54, 1.807) is 24.1 Å². The number of likely N-dealkylation sites (N-methyl/N-ethyl adjacent to an activating group) is 1. The summed E-state index contributed by atoms with van der Waals surface area (Å²) in [6, 6.07) is 10.4. The molecule has 2 aromatic carbocycles. The Morgan fingerprint density at radius 1 is 1.28 bits per heavy atom. The van der Waals surface area contributed by atoms with Gasteiger partial charge in [-0.1, -0.05) is 23.7 Å². The highest BCUT2D eigenvalue weighted by molar-refractivity contribution is 6.31. The van der Waals surface area contributed by atoms with Gasteiger partial charge in [-0.15, -0.1) is 0 Å². The van der Waals surface area contributed by atoms with E-state index < -0.39 is 11.5 Å². The molecule has 0 atom stereocenters. The van der Waals surface area contributed by atoms with Gasteiger partial charge in [0.1, 0.15) is 5.75 Å². The molecule has 29 heavy (non-hydrogen) atoms. The van der Waals surface area contributed by atoms with Crippen molar-refractivity contribution in [3.8, 4) is 5.75 Å². The molecule has 0 aromatic heterocycles. The molecular weight excluding hydrogens is 408 g/mol. The minimum Gasteiger partial charge on any atom is -0.435 e. The average molecular weight is 428 g/mol. The summed E-state index contributed by atoms with van der Waals surface area (Å²) >= 11 is 6.07. The molecule has 1 N–H and O–H groups in total. The van der Waals surface area contributed by atoms with Crippen molar-refractivity contribution in [2.75, 3.05) is 20.1 Å². The minimum atomic E-state index is -2.87. The van der Waals surface area contributed by atoms with Gasteiger partial charge < -0.3 is 10.1 Å². The zero-order valence-corrected chi connectivity index (χ0v) is 16.4. The van der Waals surface area contributed by atoms with Crippen molar-refractivity contribution < 1.29 is 23.2 Å². The highest BCUT2D eigenvalue weighted by Gasteiger charge is 2.13. The first-order chi connectivity index (χ1) is 13.7. The van der Waals surface area contributed by atoms with E-state index in [0.29, 0.717) is 23.6 Å². The molecule has 0 fully saturated rings. The molecule has 0 spiro atoms. The lowest BCUT2D eigenvalue weighted by molar-refractivity contribution is -0.384. The fourth-order valence-corrected chi connectivity index (χ4v) is 2.80. The first-order valence-electron chi connectivity index (χ1n) is 8.66. The number of nitrogens with one attached hydrogen (secondary N) is 1. The van der Waals surface area contributed by atoms with Crippen molar-refractivity contribution in [1.82, 2.24) is 10.2 Å². The zero-order chi connectivity index (χ0) is 21.4. The zero-order valence-electron chi connectivity index (χ0n) is 15.6. The van der Waals surface area contributed by atoms with Gasteiger partial charge in [0.05, 0.1) is 11.5 Å². The van der Waals surface area contributed by atoms with Gasteiger partial charge in [-0.3, -0.25) is 19.8 Å². The number of hydrogen-bond donors (Lipinski definition) is 1. The molecule has 0 aliphatic carbocycles. The molecule has 1 amide bonds. The van der Waals surface area contributed by atoms with Crippen LogP contribution in [-0.4, -0.2) is 42.5 Å². The summed E-state index contributed by atoms with van der Waals surface area (Å²) in [4.78, 5) is 24.1. The summed E-state index contributed by atoms with van der Waals surface area (Å²) in [7, 11) is 1.70. The quantitative estimate of drug-likeness (QED) is 0.462. The largest absolute Gasteiger partial charge is 0.435 e. The van der Waals surface area contributed by atoms with Gasteiger partial charge in [-0.25, -0.2) is 0 Å². The second kappa shape index (κ2) is 10.7. The number of halogens is 3. The van der Waals surface area contributed by atoms with Crippen LogP contribution in [0.5, 0.6) is 5.75 Å². The Morgan fingerprint density at radius 3 is 2.59 bits per heavy atom. The number of rotatable bonds is 10. The third-order valence-corrected chi connectivity index (χ3v) is 4.35. The van der Waals surface area contributed by atoms with Crippen LogP contribution >= 0.6 is 11.6 Å². The summed E-state index contributed by atoms with van der Waals surface area (Å²) in [5, 5.41) is 14.0. The SMILES string of the molecule is CN(CC(=O)NCCc1ccc(OC(F)F)cc1)Cc1cc([N+](=O)[O-])ccc1Cl. The summed E-state index contributed by atoms with van der Waals surface area (Å²) in [5.41, 5.74) is 1.36. The van der Waals surface area contributed by atoms with Gasteiger partial charge in [0.15, 0.2) is 0 Å². The fourth-order valence-electron chi connectivity index (χ4n) is 2.63. The van der Waals surface area contributed by atoms with Crippen LogP contribution in [0.2, 0.25) is 5.02 Å². The number of nitro groups is 1. The topological polar surface area (TPSA) is 84.7 Å². The predicted octanol–water partition coefficient (Wildman–Crippen LogP) is 3.64. The van der Waals surface area contributed by atoms with Crippen molar-refractivity contribution in [2.45, 2.75) is 19.6 Å². The molecule has 156 valence electrons. The third-order valence-electron chi connectivity index (χ3n) is 3.98. The van der Waals surface area contributed by atoms with E-state index in [-0.39, 0.29) is 30.4 Å². The monoisotopic (exact) mass is 427 g/mol. The maximum Gasteiger partial charge on any atom is 0.387 e. The molecule has 0 heterocycles. The molecule has 2 rings (SSSR count). The fraction of sp³-hybridized carbons (Fsp3) is 0.316. The second-order valence-corrected chi connectivity index (χ2v) is 6.73. The van der Waals surface area contributed by atoms with E-state index in [9.17, 15) is 23.7 Å². The van der Waals surface area contributed by atoms with Crippen LogP contribution in [0.1, 0.15) is 11.1 Å². The minimum absolute atomic E-state index is 0.0628. The van der Waals surface area contributed by atoms with E-state index >= 15 is 0 Å². The van der Waals surface area contributed by atoms with Crippen molar-refractivity contribution in [3.63, 3.8) is 0 Å². The van der Waals surface area contributed by atoms with Crippen molar-refractivity contribution >= 4 is 23.2 Å². The Labute approximate surface area is 171 Å². The third kappa shape index (κ3) is 7.63. The highest BCUT2D eigenvalue weighted by Crippen LogP contribution is 2.23. The Balaban J connectivity index is 1.77. The lowest BCUT2D eigenvalue weighted by Gasteiger charge is -2.17. The molecule has 0 saturated heterocycles. The number of ether oxygens (including phenoxy) is 1. The standard InChI is InChI=1S/C19H20ClF2N3O4/c1-24(11-14-10-15(25(27)28)4-7-17(14)20)12-18(26)23-9-8-13-2-5-16(6-3-13)29-19(21)22/h2-7,10,19H,8-9,11-12H2,1H3,(H,23,26). The summed E-state index contributed by atoms with van der Waals surface area (Å²) in [6.07, 6.45) is 0.529. The lowest BCUT2D eigenvalue weighted by Crippen LogP contribution is -2.35. The van der Waals surface area contributed by atoms with Crippen LogP contribution in [-0.2, 0) is 17.8 Å². The molecular formula is C19H20ClF2N3O4. The molecule has 7 nitrogen and oxygen atoms in total. The van der Waals surface area contributed by atoms with Crippen molar-refractivity contribution in [2.24, 2.45) is 0 Å². The maximum atomic E-state index is 12.1. The van der Waals surface area contributed by atoms with Crippen LogP contribution in [0.15, 0.2) is 42.5 Å². The number of alkyl halides is 2. The number of nitro benzene ring substituents is 1. The first-order valence-corrected chi connectivity index (χ1v) is 9.04. The first kappa shape index (κ1) is 22.5. The summed E-state index contributed by atoms with van der Waals surface area (Å²) in [6.45, 7) is -2.13. The van der Waals surface area contributed by atoms with Gasteiger partial charge in [-0.05, 0) is 42.8 Å². The Hall–Kier alpha value is -2.78. The van der Waals surface area contributed by atoms with E-state index in [4.69, 9.17) is 11.6 Å². The Kier molecular flexibility index (Phi) is 8.29. The predicted molar refractivity (Wildman–Crippen MR) is 104 cm³/mol. The number of nitrogens with zero attached hydrogens (tertiary/aromatic N) is 2. The molecule has 10 heteroatoms. The molecule has 0 aliphatic heterocycles. The molecule has 0 unspecified atom stereocenters. The lowest BCUT2D eigenvalue weighted by atomic mass is 10.1. The number of amides is 1. The van der Waals surface area contributed by atoms with Crippen LogP contribution in [0.3, 0.4) is 0 Å². The van der Waals surface area contributed by atoms with Crippen LogP contribution in [0.25, 0.3) is 0 Å². The Bertz CT molecular complexity index is 850. The maximum absolute atomic E-state index is 12.1. The highest BCUT2D eigenvalue weighted by atomic mass is 35.5. The smallest absolute Gasteiger partial charge is 0.387 e. The van der Waals surface area contributed by atoms with Gasteiger partial charge in [-0.2, -0.15) is 8.78 Å². The van der Waals surface area contributed by atoms with E-state index in [0.717, 1.165) is 5.56 Å². The van der Waals surface area contributed by atoms with Gasteiger partial charge in [0.25, 0.3) is 5.69 Å². The van der Waals surface area contributed by atoms with Gasteiger partial charge in [0.2, 0.25) is 5.91 Å². The van der Waals surface area contributed by atoms with E-state index in [1.807, 2.05) is 0 Å². The second-order valence-electron chi connectivity index (χ2n) is 6.33. The number of non-ortho nitro benzene ring substituents is 1. The van der Waals surface area contributed by atoms with E-state index in [1.165, 1.54) is 30.3 Å². The normalized spacial score (nSPS) is 11.0. The van der Waals surface area contributed by atoms with Crippen LogP contribution < -0.4 is 10.1 Å². The Morgan fingerprint density at radius 2 is 1.97 bits per heavy atom. The van der Waals surface area contributed by atoms with Gasteiger partial charge >= 0.3 is 6.61 Å². The van der Waals surface area contributed by atoms with Crippen molar-refractivity contribution in [3.05, 3.63) is 68.7 Å². The molecule has 0 radical (unpaired) electrons. The molecule has 0 bridgehead atoms. The summed E-state index contributed by atoms with van der Waals surface area (Å²) in [5.74, 6) is -0.138. The number of benzene rings is 2. The molecule has 0 aliphatic rings. The number of hydrogen-bond acceptors (Lipinski definition) is 5. The van der Waals surface area contributed by atoms with E-state index in [2.05, 4.69) is 10.1 Å². The van der Waals surface area contributed by atoms with Crippen LogP contribution in [0.4, 0.5) is 14.5 Å². The summed E-state index contributed by atoms with van der Waals surface area (Å²) < 4.78 is 28.5. The van der Waals surface area contributed by atoms with Gasteiger partial charge in [0, 0.05) is 30.2 Å². The van der Waals surface area contributed by atoms with Crippen molar-refractivity contribution in [1.29, 1.82) is 0 Å². The average Bonchev–Trinajstić information content (AvgIpc) is 2.64. The van der Waals surface area contributed by atoms with Crippen LogP contribution in [0, 0.1) is 10.1 Å². The molecule has 0 saturated carbocycles.